The minimum atomic E-state index is -0.215. The Balaban J connectivity index is 1.69. The van der Waals surface area contributed by atoms with Crippen molar-refractivity contribution < 1.29 is 4.79 Å². The zero-order valence-corrected chi connectivity index (χ0v) is 14.3. The van der Waals surface area contributed by atoms with Gasteiger partial charge < -0.3 is 10.6 Å². The van der Waals surface area contributed by atoms with E-state index in [9.17, 15) is 4.79 Å². The van der Waals surface area contributed by atoms with Gasteiger partial charge in [-0.25, -0.2) is 0 Å². The maximum atomic E-state index is 12.3. The summed E-state index contributed by atoms with van der Waals surface area (Å²) in [6.45, 7) is 4.53. The van der Waals surface area contributed by atoms with Gasteiger partial charge in [-0.1, -0.05) is 12.1 Å². The van der Waals surface area contributed by atoms with Gasteiger partial charge in [0.05, 0.1) is 0 Å². The van der Waals surface area contributed by atoms with Crippen molar-refractivity contribution in [2.24, 2.45) is 0 Å². The third-order valence-corrected chi connectivity index (χ3v) is 3.68. The maximum Gasteiger partial charge on any atom is 0.270 e. The molecular formula is C20H20N4O. The summed E-state index contributed by atoms with van der Waals surface area (Å²) < 4.78 is 0. The van der Waals surface area contributed by atoms with Gasteiger partial charge in [0.15, 0.2) is 0 Å². The summed E-state index contributed by atoms with van der Waals surface area (Å²) in [7, 11) is 0. The van der Waals surface area contributed by atoms with Gasteiger partial charge in [0.25, 0.3) is 5.91 Å². The molecule has 2 N–H and O–H groups in total. The van der Waals surface area contributed by atoms with E-state index in [1.165, 1.54) is 11.1 Å². The van der Waals surface area contributed by atoms with Crippen LogP contribution in [0, 0.1) is 13.8 Å². The van der Waals surface area contributed by atoms with E-state index >= 15 is 0 Å². The third kappa shape index (κ3) is 4.64. The van der Waals surface area contributed by atoms with Crippen LogP contribution in [0.3, 0.4) is 0 Å². The van der Waals surface area contributed by atoms with Crippen LogP contribution in [-0.2, 0) is 6.54 Å². The van der Waals surface area contributed by atoms with Gasteiger partial charge in [0.2, 0.25) is 0 Å². The molecule has 1 aromatic carbocycles. The van der Waals surface area contributed by atoms with E-state index in [4.69, 9.17) is 0 Å². The van der Waals surface area contributed by atoms with E-state index in [1.54, 1.807) is 24.7 Å². The highest BCUT2D eigenvalue weighted by Gasteiger charge is 2.08. The van der Waals surface area contributed by atoms with Crippen LogP contribution in [0.15, 0.2) is 61.1 Å². The molecule has 2 aromatic heterocycles. The fraction of sp³-hybridized carbons (Fsp3) is 0.150. The average molecular weight is 332 g/mol. The minimum absolute atomic E-state index is 0.215. The quantitative estimate of drug-likeness (QED) is 0.746. The number of aryl methyl sites for hydroxylation is 2. The highest BCUT2D eigenvalue weighted by Crippen LogP contribution is 2.19. The number of nitrogens with one attached hydrogen (secondary N) is 2. The largest absolute Gasteiger partial charge is 0.355 e. The molecule has 2 heterocycles. The average Bonchev–Trinajstić information content (AvgIpc) is 2.60. The standard InChI is InChI=1S/C20H20N4O/c1-14-8-15(2)10-18(9-14)24-17-5-7-22-19(11-17)20(25)23-13-16-4-3-6-21-12-16/h3-12H,13H2,1-2H3,(H,22,24)(H,23,25). The van der Waals surface area contributed by atoms with Crippen molar-refractivity contribution in [3.05, 3.63) is 83.4 Å². The zero-order chi connectivity index (χ0) is 17.6. The Morgan fingerprint density at radius 2 is 1.80 bits per heavy atom. The molecule has 0 unspecified atom stereocenters. The Hall–Kier alpha value is -3.21. The highest BCUT2D eigenvalue weighted by atomic mass is 16.1. The first-order chi connectivity index (χ1) is 12.1. The lowest BCUT2D eigenvalue weighted by Gasteiger charge is -2.10. The number of carbonyl (C=O) groups excluding carboxylic acids is 1. The van der Waals surface area contributed by atoms with Gasteiger partial charge in [-0.2, -0.15) is 0 Å². The number of benzene rings is 1. The van der Waals surface area contributed by atoms with Crippen LogP contribution in [0.5, 0.6) is 0 Å². The topological polar surface area (TPSA) is 66.9 Å². The van der Waals surface area contributed by atoms with Gasteiger partial charge in [0.1, 0.15) is 5.69 Å². The Morgan fingerprint density at radius 3 is 2.52 bits per heavy atom. The zero-order valence-electron chi connectivity index (χ0n) is 14.3. The van der Waals surface area contributed by atoms with Gasteiger partial charge >= 0.3 is 0 Å². The van der Waals surface area contributed by atoms with Crippen molar-refractivity contribution in [2.75, 3.05) is 5.32 Å². The van der Waals surface area contributed by atoms with Crippen LogP contribution in [0.4, 0.5) is 11.4 Å². The second kappa shape index (κ2) is 7.57. The van der Waals surface area contributed by atoms with Crippen LogP contribution in [-0.4, -0.2) is 15.9 Å². The van der Waals surface area contributed by atoms with Crippen molar-refractivity contribution in [3.63, 3.8) is 0 Å². The summed E-state index contributed by atoms with van der Waals surface area (Å²) in [4.78, 5) is 20.5. The number of rotatable bonds is 5. The molecule has 5 nitrogen and oxygen atoms in total. The third-order valence-electron chi connectivity index (χ3n) is 3.68. The summed E-state index contributed by atoms with van der Waals surface area (Å²) in [5.41, 5.74) is 5.51. The van der Waals surface area contributed by atoms with E-state index in [0.717, 1.165) is 16.9 Å². The molecule has 25 heavy (non-hydrogen) atoms. The summed E-state index contributed by atoms with van der Waals surface area (Å²) in [5, 5.41) is 6.18. The Labute approximate surface area is 147 Å². The smallest absolute Gasteiger partial charge is 0.270 e. The second-order valence-electron chi connectivity index (χ2n) is 5.98. The number of amides is 1. The summed E-state index contributed by atoms with van der Waals surface area (Å²) >= 11 is 0. The first kappa shape index (κ1) is 16.6. The number of anilines is 2. The lowest BCUT2D eigenvalue weighted by molar-refractivity contribution is 0.0946. The van der Waals surface area contributed by atoms with Gasteiger partial charge in [0, 0.05) is 36.5 Å². The van der Waals surface area contributed by atoms with Gasteiger partial charge in [-0.05, 0) is 60.9 Å². The fourth-order valence-corrected chi connectivity index (χ4v) is 2.62. The number of carbonyl (C=O) groups is 1. The van der Waals surface area contributed by atoms with Crippen LogP contribution in [0.2, 0.25) is 0 Å². The molecule has 3 rings (SSSR count). The molecule has 0 bridgehead atoms. The van der Waals surface area contributed by atoms with Crippen molar-refractivity contribution in [2.45, 2.75) is 20.4 Å². The van der Waals surface area contributed by atoms with E-state index in [2.05, 4.69) is 52.6 Å². The molecule has 0 saturated carbocycles. The van der Waals surface area contributed by atoms with E-state index in [1.807, 2.05) is 18.2 Å². The molecule has 5 heteroatoms. The lowest BCUT2D eigenvalue weighted by Crippen LogP contribution is -2.23. The minimum Gasteiger partial charge on any atom is -0.355 e. The first-order valence-corrected chi connectivity index (χ1v) is 8.08. The molecule has 126 valence electrons. The van der Waals surface area contributed by atoms with Crippen molar-refractivity contribution in [3.8, 4) is 0 Å². The first-order valence-electron chi connectivity index (χ1n) is 8.08. The fourth-order valence-electron chi connectivity index (χ4n) is 2.62. The molecule has 0 spiro atoms. The molecule has 0 fully saturated rings. The number of aromatic nitrogens is 2. The predicted octanol–water partition coefficient (Wildman–Crippen LogP) is 3.77. The van der Waals surface area contributed by atoms with Crippen LogP contribution in [0.1, 0.15) is 27.2 Å². The van der Waals surface area contributed by atoms with E-state index in [0.29, 0.717) is 12.2 Å². The summed E-state index contributed by atoms with van der Waals surface area (Å²) in [6, 6.07) is 13.6. The SMILES string of the molecule is Cc1cc(C)cc(Nc2ccnc(C(=O)NCc3cccnc3)c2)c1. The van der Waals surface area contributed by atoms with E-state index in [-0.39, 0.29) is 5.91 Å². The van der Waals surface area contributed by atoms with E-state index < -0.39 is 0 Å². The second-order valence-corrected chi connectivity index (χ2v) is 5.98. The van der Waals surface area contributed by atoms with Crippen molar-refractivity contribution >= 4 is 17.3 Å². The highest BCUT2D eigenvalue weighted by molar-refractivity contribution is 5.93. The van der Waals surface area contributed by atoms with Gasteiger partial charge in [-0.3, -0.25) is 14.8 Å². The number of pyridine rings is 2. The summed E-state index contributed by atoms with van der Waals surface area (Å²) in [6.07, 6.45) is 5.06. The van der Waals surface area contributed by atoms with Crippen molar-refractivity contribution in [1.82, 2.24) is 15.3 Å². The normalized spacial score (nSPS) is 10.3. The number of hydrogen-bond acceptors (Lipinski definition) is 4. The molecule has 0 aliphatic rings. The molecule has 0 radical (unpaired) electrons. The lowest BCUT2D eigenvalue weighted by atomic mass is 10.1. The van der Waals surface area contributed by atoms with Crippen LogP contribution >= 0.6 is 0 Å². The van der Waals surface area contributed by atoms with Gasteiger partial charge in [-0.15, -0.1) is 0 Å². The molecule has 3 aromatic rings. The Morgan fingerprint density at radius 1 is 1.00 bits per heavy atom. The van der Waals surface area contributed by atoms with Crippen molar-refractivity contribution in [1.29, 1.82) is 0 Å². The predicted molar refractivity (Wildman–Crippen MR) is 98.8 cm³/mol. The Kier molecular flexibility index (Phi) is 5.04. The van der Waals surface area contributed by atoms with Crippen LogP contribution < -0.4 is 10.6 Å². The molecule has 0 saturated heterocycles. The summed E-state index contributed by atoms with van der Waals surface area (Å²) in [5.74, 6) is -0.215. The molecule has 1 amide bonds. The maximum absolute atomic E-state index is 12.3. The molecule has 0 aliphatic heterocycles. The van der Waals surface area contributed by atoms with Crippen LogP contribution in [0.25, 0.3) is 0 Å². The molecular weight excluding hydrogens is 312 g/mol. The number of nitrogens with zero attached hydrogens (tertiary/aromatic N) is 2. The Bertz CT molecular complexity index is 858. The molecule has 0 atom stereocenters. The molecule has 0 aliphatic carbocycles. The number of hydrogen-bond donors (Lipinski definition) is 2. The monoisotopic (exact) mass is 332 g/mol.